The predicted octanol–water partition coefficient (Wildman–Crippen LogP) is 4.09. The van der Waals surface area contributed by atoms with E-state index in [-0.39, 0.29) is 11.9 Å². The lowest BCUT2D eigenvalue weighted by atomic mass is 9.93. The van der Waals surface area contributed by atoms with Crippen LogP contribution in [0.5, 0.6) is 0 Å². The molecule has 0 saturated heterocycles. The largest absolute Gasteiger partial charge is 0.310 e. The molecule has 1 amide bonds. The van der Waals surface area contributed by atoms with Gasteiger partial charge in [0.05, 0.1) is 0 Å². The normalized spacial score (nSPS) is 17.3. The molecule has 0 N–H and O–H groups in total. The first-order chi connectivity index (χ1) is 11.1. The van der Waals surface area contributed by atoms with E-state index in [9.17, 15) is 4.79 Å². The second-order valence-electron chi connectivity index (χ2n) is 6.13. The van der Waals surface area contributed by atoms with Crippen LogP contribution in [0.2, 0.25) is 0 Å². The van der Waals surface area contributed by atoms with Crippen molar-refractivity contribution in [1.82, 2.24) is 0 Å². The third-order valence-electron chi connectivity index (χ3n) is 4.47. The van der Waals surface area contributed by atoms with E-state index in [1.54, 1.807) is 14.0 Å². The molecular formula is C20H22N2O. The van der Waals surface area contributed by atoms with Crippen LogP contribution < -0.4 is 4.90 Å². The van der Waals surface area contributed by atoms with Crippen molar-refractivity contribution < 1.29 is 4.79 Å². The van der Waals surface area contributed by atoms with E-state index in [0.29, 0.717) is 0 Å². The van der Waals surface area contributed by atoms with Crippen molar-refractivity contribution >= 4 is 17.8 Å². The first-order valence-corrected chi connectivity index (χ1v) is 8.05. The zero-order chi connectivity index (χ0) is 16.4. The van der Waals surface area contributed by atoms with Crippen molar-refractivity contribution in [2.24, 2.45) is 4.99 Å². The zero-order valence-electron chi connectivity index (χ0n) is 13.9. The van der Waals surface area contributed by atoms with E-state index in [2.05, 4.69) is 54.4 Å². The number of benzene rings is 2. The molecule has 2 aromatic carbocycles. The van der Waals surface area contributed by atoms with Gasteiger partial charge < -0.3 is 4.90 Å². The number of anilines is 1. The highest BCUT2D eigenvalue weighted by Gasteiger charge is 2.26. The number of aryl methyl sites for hydroxylation is 1. The van der Waals surface area contributed by atoms with Gasteiger partial charge in [-0.3, -0.25) is 9.79 Å². The minimum absolute atomic E-state index is 0.120. The van der Waals surface area contributed by atoms with Gasteiger partial charge in [0, 0.05) is 31.9 Å². The maximum Gasteiger partial charge on any atom is 0.224 e. The molecule has 0 aromatic heterocycles. The number of hydrogen-bond donors (Lipinski definition) is 0. The van der Waals surface area contributed by atoms with Crippen LogP contribution in [-0.2, 0) is 11.2 Å². The first kappa shape index (κ1) is 15.5. The third kappa shape index (κ3) is 3.04. The fourth-order valence-corrected chi connectivity index (χ4v) is 3.32. The Morgan fingerprint density at radius 1 is 1.17 bits per heavy atom. The summed E-state index contributed by atoms with van der Waals surface area (Å²) >= 11 is 0. The van der Waals surface area contributed by atoms with Crippen LogP contribution in [0, 0.1) is 0 Å². The Morgan fingerprint density at radius 2 is 1.87 bits per heavy atom. The number of rotatable bonds is 2. The van der Waals surface area contributed by atoms with E-state index in [1.165, 1.54) is 16.7 Å². The predicted molar refractivity (Wildman–Crippen MR) is 96.3 cm³/mol. The Labute approximate surface area is 137 Å². The fourth-order valence-electron chi connectivity index (χ4n) is 3.32. The molecule has 0 fully saturated rings. The Morgan fingerprint density at radius 3 is 2.52 bits per heavy atom. The lowest BCUT2D eigenvalue weighted by Crippen LogP contribution is -2.40. The average Bonchev–Trinajstić information content (AvgIpc) is 2.55. The molecule has 1 aliphatic rings. The van der Waals surface area contributed by atoms with Gasteiger partial charge in [-0.15, -0.1) is 0 Å². The number of fused-ring (bicyclic) bond motifs is 1. The summed E-state index contributed by atoms with van der Waals surface area (Å²) in [6.07, 6.45) is 3.89. The molecule has 0 aliphatic carbocycles. The molecule has 3 heteroatoms. The number of carbonyl (C=O) groups excluding carboxylic acids is 1. The van der Waals surface area contributed by atoms with Crippen LogP contribution >= 0.6 is 0 Å². The molecule has 1 atom stereocenters. The van der Waals surface area contributed by atoms with Gasteiger partial charge in [-0.05, 0) is 54.2 Å². The summed E-state index contributed by atoms with van der Waals surface area (Å²) < 4.78 is 0. The topological polar surface area (TPSA) is 32.7 Å². The summed E-state index contributed by atoms with van der Waals surface area (Å²) in [7, 11) is 1.78. The van der Waals surface area contributed by atoms with Gasteiger partial charge >= 0.3 is 0 Å². The van der Waals surface area contributed by atoms with Gasteiger partial charge in [-0.25, -0.2) is 0 Å². The SMILES string of the molecule is C/N=C/c1ccc(-c2ccc3c(c2)CC[C@H](C)N3C(C)=O)cc1. The van der Waals surface area contributed by atoms with Gasteiger partial charge in [-0.1, -0.05) is 30.3 Å². The Bertz CT molecular complexity index is 747. The Kier molecular flexibility index (Phi) is 4.28. The van der Waals surface area contributed by atoms with Crippen LogP contribution in [0.15, 0.2) is 47.5 Å². The van der Waals surface area contributed by atoms with Crippen molar-refractivity contribution in [2.45, 2.75) is 32.7 Å². The molecule has 1 heterocycles. The maximum atomic E-state index is 11.9. The fraction of sp³-hybridized carbons (Fsp3) is 0.300. The molecule has 1 aliphatic heterocycles. The average molecular weight is 306 g/mol. The molecular weight excluding hydrogens is 284 g/mol. The van der Waals surface area contributed by atoms with E-state index in [1.807, 2.05) is 11.1 Å². The van der Waals surface area contributed by atoms with Gasteiger partial charge in [0.2, 0.25) is 5.91 Å². The number of carbonyl (C=O) groups is 1. The third-order valence-corrected chi connectivity index (χ3v) is 4.47. The number of nitrogens with zero attached hydrogens (tertiary/aromatic N) is 2. The molecule has 0 saturated carbocycles. The van der Waals surface area contributed by atoms with Crippen molar-refractivity contribution in [3.63, 3.8) is 0 Å². The molecule has 0 bridgehead atoms. The maximum absolute atomic E-state index is 11.9. The summed E-state index contributed by atoms with van der Waals surface area (Å²) in [5, 5.41) is 0. The van der Waals surface area contributed by atoms with E-state index in [0.717, 1.165) is 24.1 Å². The number of aliphatic imine (C=N–C) groups is 1. The van der Waals surface area contributed by atoms with Crippen molar-refractivity contribution in [2.75, 3.05) is 11.9 Å². The van der Waals surface area contributed by atoms with Crippen LogP contribution in [0.3, 0.4) is 0 Å². The summed E-state index contributed by atoms with van der Waals surface area (Å²) in [6, 6.07) is 15.1. The van der Waals surface area contributed by atoms with Gasteiger partial charge in [0.15, 0.2) is 0 Å². The highest BCUT2D eigenvalue weighted by Crippen LogP contribution is 2.34. The summed E-state index contributed by atoms with van der Waals surface area (Å²) in [6.45, 7) is 3.76. The lowest BCUT2D eigenvalue weighted by Gasteiger charge is -2.34. The van der Waals surface area contributed by atoms with Crippen molar-refractivity contribution in [1.29, 1.82) is 0 Å². The summed E-state index contributed by atoms with van der Waals surface area (Å²) in [5.74, 6) is 0.120. The van der Waals surface area contributed by atoms with Crippen LogP contribution in [-0.4, -0.2) is 25.2 Å². The van der Waals surface area contributed by atoms with Crippen LogP contribution in [0.25, 0.3) is 11.1 Å². The van der Waals surface area contributed by atoms with Gasteiger partial charge in [0.25, 0.3) is 0 Å². The smallest absolute Gasteiger partial charge is 0.224 e. The highest BCUT2D eigenvalue weighted by atomic mass is 16.2. The molecule has 3 rings (SSSR count). The number of amides is 1. The van der Waals surface area contributed by atoms with Gasteiger partial charge in [-0.2, -0.15) is 0 Å². The minimum Gasteiger partial charge on any atom is -0.310 e. The first-order valence-electron chi connectivity index (χ1n) is 8.05. The summed E-state index contributed by atoms with van der Waals surface area (Å²) in [5.41, 5.74) is 5.81. The quantitative estimate of drug-likeness (QED) is 0.769. The lowest BCUT2D eigenvalue weighted by molar-refractivity contribution is -0.117. The minimum atomic E-state index is 0.120. The monoisotopic (exact) mass is 306 g/mol. The van der Waals surface area contributed by atoms with E-state index >= 15 is 0 Å². The highest BCUT2D eigenvalue weighted by molar-refractivity contribution is 5.94. The number of hydrogen-bond acceptors (Lipinski definition) is 2. The molecule has 2 aromatic rings. The van der Waals surface area contributed by atoms with Crippen LogP contribution in [0.4, 0.5) is 5.69 Å². The Hall–Kier alpha value is -2.42. The zero-order valence-corrected chi connectivity index (χ0v) is 13.9. The van der Waals surface area contributed by atoms with E-state index in [4.69, 9.17) is 0 Å². The molecule has 0 radical (unpaired) electrons. The summed E-state index contributed by atoms with van der Waals surface area (Å²) in [4.78, 5) is 17.9. The molecule has 0 unspecified atom stereocenters. The molecule has 23 heavy (non-hydrogen) atoms. The molecule has 0 spiro atoms. The second kappa shape index (κ2) is 6.37. The van der Waals surface area contributed by atoms with Crippen LogP contribution in [0.1, 0.15) is 31.4 Å². The standard InChI is InChI=1S/C20H22N2O/c1-14-4-7-19-12-18(10-11-20(19)22(14)15(2)23)17-8-5-16(6-9-17)13-21-3/h5-6,8-14H,4,7H2,1-3H3/b21-13+/t14-/m0/s1. The van der Waals surface area contributed by atoms with Gasteiger partial charge in [0.1, 0.15) is 0 Å². The second-order valence-corrected chi connectivity index (χ2v) is 6.13. The molecule has 118 valence electrons. The van der Waals surface area contributed by atoms with Crippen molar-refractivity contribution in [3.05, 3.63) is 53.6 Å². The van der Waals surface area contributed by atoms with Crippen molar-refractivity contribution in [3.8, 4) is 11.1 Å². The Balaban J connectivity index is 1.96. The molecule has 3 nitrogen and oxygen atoms in total. The van der Waals surface area contributed by atoms with E-state index < -0.39 is 0 Å².